The summed E-state index contributed by atoms with van der Waals surface area (Å²) in [6.07, 6.45) is 3.53. The van der Waals surface area contributed by atoms with Gasteiger partial charge in [0.15, 0.2) is 23.1 Å². The van der Waals surface area contributed by atoms with Crippen molar-refractivity contribution in [1.29, 1.82) is 0 Å². The SMILES string of the molecule is COc1cccc([C@H]2C3=CC[C@@H]4C(=O)N(c5cccc(B(O)O)c5)C(=O)[C@@H]4[C@@H]3CC3=C2C(=O)C=C(C)C3=O)c1O. The Morgan fingerprint density at radius 2 is 1.75 bits per heavy atom. The number of rotatable bonds is 4. The molecule has 2 aromatic rings. The number of carbonyl (C=O) groups is 4. The summed E-state index contributed by atoms with van der Waals surface area (Å²) in [5.41, 5.74) is 2.33. The summed E-state index contributed by atoms with van der Waals surface area (Å²) in [6.45, 7) is 1.58. The van der Waals surface area contributed by atoms with E-state index in [-0.39, 0.29) is 52.6 Å². The van der Waals surface area contributed by atoms with E-state index in [4.69, 9.17) is 4.74 Å². The van der Waals surface area contributed by atoms with Gasteiger partial charge >= 0.3 is 7.12 Å². The van der Waals surface area contributed by atoms with Crippen LogP contribution in [0.4, 0.5) is 5.69 Å². The molecule has 202 valence electrons. The number of benzene rings is 2. The minimum absolute atomic E-state index is 0.113. The first-order valence-corrected chi connectivity index (χ1v) is 13.0. The minimum Gasteiger partial charge on any atom is -0.504 e. The zero-order valence-corrected chi connectivity index (χ0v) is 21.8. The molecule has 0 aromatic heterocycles. The smallest absolute Gasteiger partial charge is 0.488 e. The zero-order chi connectivity index (χ0) is 28.5. The predicted octanol–water partition coefficient (Wildman–Crippen LogP) is 1.71. The van der Waals surface area contributed by atoms with Crippen LogP contribution < -0.4 is 15.1 Å². The van der Waals surface area contributed by atoms with Crippen LogP contribution in [0.2, 0.25) is 0 Å². The lowest BCUT2D eigenvalue weighted by atomic mass is 9.59. The molecule has 2 aromatic carbocycles. The number of nitrogens with zero attached hydrogens (tertiary/aromatic N) is 1. The number of allylic oxidation sites excluding steroid dienone is 6. The van der Waals surface area contributed by atoms with Crippen LogP contribution in [0.5, 0.6) is 11.5 Å². The second-order valence-corrected chi connectivity index (χ2v) is 10.6. The van der Waals surface area contributed by atoms with E-state index in [1.807, 2.05) is 6.08 Å². The summed E-state index contributed by atoms with van der Waals surface area (Å²) < 4.78 is 5.31. The van der Waals surface area contributed by atoms with E-state index >= 15 is 0 Å². The average Bonchev–Trinajstić information content (AvgIpc) is 3.20. The molecular formula is C30H26BNO8. The molecule has 1 aliphatic heterocycles. The number of fused-ring (bicyclic) bond motifs is 3. The minimum atomic E-state index is -1.77. The number of aromatic hydroxyl groups is 1. The fraction of sp³-hybridized carbons (Fsp3) is 0.267. The van der Waals surface area contributed by atoms with Crippen LogP contribution in [-0.4, -0.2) is 52.8 Å². The van der Waals surface area contributed by atoms with E-state index in [9.17, 15) is 34.3 Å². The molecule has 1 saturated heterocycles. The number of anilines is 1. The largest absolute Gasteiger partial charge is 0.504 e. The number of phenolic OH excluding ortho intramolecular Hbond substituents is 1. The molecule has 0 spiro atoms. The van der Waals surface area contributed by atoms with Crippen molar-refractivity contribution in [2.45, 2.75) is 25.7 Å². The van der Waals surface area contributed by atoms with Gasteiger partial charge in [0, 0.05) is 28.2 Å². The summed E-state index contributed by atoms with van der Waals surface area (Å²) in [5, 5.41) is 30.3. The Bertz CT molecular complexity index is 1600. The standard InChI is InChI=1S/C30H26BNO8/c1-14-11-22(33)26-21(27(14)34)13-20-17(24(26)18-7-4-8-23(40-2)28(18)35)9-10-19-25(20)30(37)32(29(19)36)16-6-3-5-15(12-16)31(38)39/h3-9,11-12,19-20,24-25,35,38-39H,10,13H2,1-2H3/t19-,20+,24+,25-/m0/s1. The van der Waals surface area contributed by atoms with Crippen molar-refractivity contribution in [3.8, 4) is 11.5 Å². The highest BCUT2D eigenvalue weighted by Crippen LogP contribution is 2.56. The molecule has 10 heteroatoms. The molecule has 40 heavy (non-hydrogen) atoms. The Labute approximate surface area is 230 Å². The van der Waals surface area contributed by atoms with Gasteiger partial charge in [-0.2, -0.15) is 0 Å². The van der Waals surface area contributed by atoms with Gasteiger partial charge in [0.2, 0.25) is 11.8 Å². The predicted molar refractivity (Wildman–Crippen MR) is 145 cm³/mol. The summed E-state index contributed by atoms with van der Waals surface area (Å²) in [7, 11) is -0.351. The fourth-order valence-corrected chi connectivity index (χ4v) is 6.75. The number of hydrogen-bond acceptors (Lipinski definition) is 8. The van der Waals surface area contributed by atoms with Gasteiger partial charge < -0.3 is 19.9 Å². The third-order valence-electron chi connectivity index (χ3n) is 8.55. The molecule has 4 atom stereocenters. The van der Waals surface area contributed by atoms with Gasteiger partial charge in [-0.15, -0.1) is 0 Å². The summed E-state index contributed by atoms with van der Waals surface area (Å²) in [6, 6.07) is 10.9. The van der Waals surface area contributed by atoms with Gasteiger partial charge in [-0.1, -0.05) is 35.9 Å². The molecule has 4 aliphatic rings. The molecule has 0 unspecified atom stereocenters. The molecule has 3 aliphatic carbocycles. The summed E-state index contributed by atoms with van der Waals surface area (Å²) in [5.74, 6) is -4.26. The van der Waals surface area contributed by atoms with E-state index in [2.05, 4.69) is 0 Å². The Hall–Kier alpha value is -4.28. The Morgan fingerprint density at radius 1 is 1.00 bits per heavy atom. The summed E-state index contributed by atoms with van der Waals surface area (Å²) >= 11 is 0. The second-order valence-electron chi connectivity index (χ2n) is 10.6. The number of imide groups is 1. The van der Waals surface area contributed by atoms with Crippen molar-refractivity contribution >= 4 is 41.6 Å². The monoisotopic (exact) mass is 539 g/mol. The first kappa shape index (κ1) is 26.0. The molecule has 6 rings (SSSR count). The number of ether oxygens (including phenoxy) is 1. The second kappa shape index (κ2) is 9.43. The quantitative estimate of drug-likeness (QED) is 0.231. The van der Waals surface area contributed by atoms with Crippen LogP contribution in [0, 0.1) is 17.8 Å². The number of Topliss-reactive ketones (excluding diaryl/α,β-unsaturated/α-hetero) is 1. The maximum Gasteiger partial charge on any atom is 0.488 e. The van der Waals surface area contributed by atoms with Crippen LogP contribution in [0.25, 0.3) is 0 Å². The zero-order valence-electron chi connectivity index (χ0n) is 21.8. The van der Waals surface area contributed by atoms with Crippen LogP contribution in [0.15, 0.2) is 76.9 Å². The molecule has 0 bridgehead atoms. The lowest BCUT2D eigenvalue weighted by Gasteiger charge is -2.42. The first-order chi connectivity index (χ1) is 19.1. The molecule has 2 amide bonds. The maximum atomic E-state index is 14.0. The van der Waals surface area contributed by atoms with Gasteiger partial charge in [-0.25, -0.2) is 0 Å². The molecule has 0 radical (unpaired) electrons. The number of carbonyl (C=O) groups excluding carboxylic acids is 4. The van der Waals surface area contributed by atoms with Crippen molar-refractivity contribution < 1.29 is 39.1 Å². The van der Waals surface area contributed by atoms with Gasteiger partial charge in [-0.3, -0.25) is 24.1 Å². The average molecular weight is 539 g/mol. The van der Waals surface area contributed by atoms with Crippen molar-refractivity contribution in [3.05, 3.63) is 82.5 Å². The molecule has 3 N–H and O–H groups in total. The molecule has 1 heterocycles. The van der Waals surface area contributed by atoms with Gasteiger partial charge in [0.05, 0.1) is 24.6 Å². The van der Waals surface area contributed by atoms with E-state index in [0.717, 1.165) is 4.90 Å². The maximum absolute atomic E-state index is 14.0. The van der Waals surface area contributed by atoms with Crippen LogP contribution >= 0.6 is 0 Å². The highest BCUT2D eigenvalue weighted by molar-refractivity contribution is 6.58. The highest BCUT2D eigenvalue weighted by Gasteiger charge is 2.57. The van der Waals surface area contributed by atoms with E-state index in [1.54, 1.807) is 31.2 Å². The molecule has 0 saturated carbocycles. The molecule has 9 nitrogen and oxygen atoms in total. The third-order valence-corrected chi connectivity index (χ3v) is 8.55. The molecule has 1 fully saturated rings. The summed E-state index contributed by atoms with van der Waals surface area (Å²) in [4.78, 5) is 55.4. The fourth-order valence-electron chi connectivity index (χ4n) is 6.75. The highest BCUT2D eigenvalue weighted by atomic mass is 16.5. The Balaban J connectivity index is 1.49. The van der Waals surface area contributed by atoms with Crippen molar-refractivity contribution in [3.63, 3.8) is 0 Å². The first-order valence-electron chi connectivity index (χ1n) is 13.0. The number of amides is 2. The van der Waals surface area contributed by atoms with E-state index in [1.165, 1.54) is 31.4 Å². The lowest BCUT2D eigenvalue weighted by Crippen LogP contribution is -2.40. The Morgan fingerprint density at radius 3 is 2.48 bits per heavy atom. The number of hydrogen-bond donors (Lipinski definition) is 3. The topological polar surface area (TPSA) is 141 Å². The van der Waals surface area contributed by atoms with Crippen molar-refractivity contribution in [2.75, 3.05) is 12.0 Å². The lowest BCUT2D eigenvalue weighted by molar-refractivity contribution is -0.123. The molecular weight excluding hydrogens is 513 g/mol. The van der Waals surface area contributed by atoms with Crippen LogP contribution in [-0.2, 0) is 19.2 Å². The Kier molecular flexibility index (Phi) is 6.12. The van der Waals surface area contributed by atoms with E-state index in [0.29, 0.717) is 22.3 Å². The normalized spacial score (nSPS) is 25.8. The van der Waals surface area contributed by atoms with Crippen molar-refractivity contribution in [2.24, 2.45) is 17.8 Å². The number of methoxy groups -OCH3 is 1. The number of para-hydroxylation sites is 1. The van der Waals surface area contributed by atoms with E-state index < -0.39 is 42.6 Å². The third kappa shape index (κ3) is 3.71. The van der Waals surface area contributed by atoms with Crippen LogP contribution in [0.3, 0.4) is 0 Å². The number of ketones is 2. The van der Waals surface area contributed by atoms with Crippen LogP contribution in [0.1, 0.15) is 31.2 Å². The van der Waals surface area contributed by atoms with Gasteiger partial charge in [0.1, 0.15) is 0 Å². The van der Waals surface area contributed by atoms with Gasteiger partial charge in [0.25, 0.3) is 0 Å². The van der Waals surface area contributed by atoms with Gasteiger partial charge in [-0.05, 0) is 55.4 Å². The van der Waals surface area contributed by atoms with Crippen molar-refractivity contribution in [1.82, 2.24) is 0 Å². The number of phenols is 1.